The maximum Gasteiger partial charge on any atom is 0.360 e. The minimum absolute atomic E-state index is 0.0118. The van der Waals surface area contributed by atoms with Gasteiger partial charge in [0, 0.05) is 36.9 Å². The van der Waals surface area contributed by atoms with Crippen molar-refractivity contribution in [2.24, 2.45) is 10.8 Å². The zero-order chi connectivity index (χ0) is 39.6. The van der Waals surface area contributed by atoms with Crippen LogP contribution >= 0.6 is 0 Å². The smallest absolute Gasteiger partial charge is 0.360 e. The Labute approximate surface area is 318 Å². The maximum atomic E-state index is 13.3. The van der Waals surface area contributed by atoms with Crippen LogP contribution in [0.5, 0.6) is 0 Å². The summed E-state index contributed by atoms with van der Waals surface area (Å²) >= 11 is 0. The molecule has 5 atom stereocenters. The second-order valence-electron chi connectivity index (χ2n) is 13.8. The molecule has 0 aromatic carbocycles. The van der Waals surface area contributed by atoms with Crippen LogP contribution in [0.4, 0.5) is 0 Å². The van der Waals surface area contributed by atoms with Gasteiger partial charge in [-0.3, -0.25) is 0 Å². The number of fused-ring (bicyclic) bond motifs is 4. The lowest BCUT2D eigenvalue weighted by atomic mass is 9.79. The number of oxazole rings is 2. The van der Waals surface area contributed by atoms with Crippen LogP contribution in [-0.2, 0) is 20.6 Å². The van der Waals surface area contributed by atoms with Gasteiger partial charge < -0.3 is 33.3 Å². The number of allylic oxidation sites excluding steroid dienone is 12. The van der Waals surface area contributed by atoms with E-state index in [1.165, 1.54) is 12.5 Å². The van der Waals surface area contributed by atoms with Crippen molar-refractivity contribution in [3.8, 4) is 0 Å². The molecule has 2 aromatic rings. The van der Waals surface area contributed by atoms with E-state index in [0.29, 0.717) is 18.7 Å². The molecule has 0 saturated carbocycles. The molecule has 0 saturated heterocycles. The lowest BCUT2D eigenvalue weighted by Gasteiger charge is -2.36. The quantitative estimate of drug-likeness (QED) is 0.209. The Hall–Kier alpha value is -5.10. The van der Waals surface area contributed by atoms with Crippen molar-refractivity contribution in [3.05, 3.63) is 139 Å². The summed E-state index contributed by atoms with van der Waals surface area (Å²) in [6.45, 7) is 11.0. The van der Waals surface area contributed by atoms with Crippen LogP contribution in [-0.4, -0.2) is 69.7 Å². The van der Waals surface area contributed by atoms with Crippen LogP contribution in [0.3, 0.4) is 0 Å². The Kier molecular flexibility index (Phi) is 17.3. The average Bonchev–Trinajstić information content (AvgIpc) is 3.82. The molecule has 0 spiro atoms. The molecule has 4 bridgehead atoms. The third-order valence-corrected chi connectivity index (χ3v) is 9.03. The summed E-state index contributed by atoms with van der Waals surface area (Å²) in [5.41, 5.74) is -1.63. The van der Waals surface area contributed by atoms with Gasteiger partial charge in [-0.1, -0.05) is 131 Å². The third kappa shape index (κ3) is 13.1. The van der Waals surface area contributed by atoms with Gasteiger partial charge in [-0.05, 0) is 13.8 Å². The van der Waals surface area contributed by atoms with Gasteiger partial charge >= 0.3 is 11.9 Å². The molecule has 0 fully saturated rings. The zero-order valence-corrected chi connectivity index (χ0v) is 32.2. The molecule has 54 heavy (non-hydrogen) atoms. The summed E-state index contributed by atoms with van der Waals surface area (Å²) in [6, 6.07) is 0. The first kappa shape index (κ1) is 43.3. The summed E-state index contributed by atoms with van der Waals surface area (Å²) in [6.07, 6.45) is 31.9. The number of methoxy groups -OCH3 is 1. The van der Waals surface area contributed by atoms with E-state index in [9.17, 15) is 19.8 Å². The number of ether oxygens (including phenoxy) is 3. The van der Waals surface area contributed by atoms with Crippen molar-refractivity contribution in [2.75, 3.05) is 7.11 Å². The van der Waals surface area contributed by atoms with Crippen LogP contribution in [0, 0.1) is 10.8 Å². The van der Waals surface area contributed by atoms with E-state index in [4.69, 9.17) is 23.0 Å². The number of hydrogen-bond acceptors (Lipinski definition) is 11. The van der Waals surface area contributed by atoms with Crippen LogP contribution in [0.25, 0.3) is 6.08 Å². The van der Waals surface area contributed by atoms with Crippen molar-refractivity contribution in [3.63, 3.8) is 0 Å². The first-order valence-corrected chi connectivity index (χ1v) is 18.0. The number of aromatic nitrogens is 2. The van der Waals surface area contributed by atoms with Crippen LogP contribution in [0.15, 0.2) is 125 Å². The summed E-state index contributed by atoms with van der Waals surface area (Å²) in [7, 11) is 1.56. The van der Waals surface area contributed by atoms with Crippen LogP contribution < -0.4 is 0 Å². The SMILES string of the molecule is C/C=C/[C@H](O)C(C)(C)[C@@H]1C\C=C/C=C\C=C\[C@H](OC)Cc2nc(co2)C(=O)O[C@H](C(C)(C)[C@@H](O)/C=C/C)C\C=C/C=C\C=C\C=C/c2nc(co2)C(=O)O1. The predicted octanol–water partition coefficient (Wildman–Crippen LogP) is 8.04. The Balaban J connectivity index is 1.91. The van der Waals surface area contributed by atoms with E-state index in [0.717, 1.165) is 0 Å². The second kappa shape index (κ2) is 21.6. The van der Waals surface area contributed by atoms with Crippen molar-refractivity contribution in [1.29, 1.82) is 0 Å². The fourth-order valence-electron chi connectivity index (χ4n) is 5.26. The summed E-state index contributed by atoms with van der Waals surface area (Å²) in [4.78, 5) is 35.0. The van der Waals surface area contributed by atoms with E-state index < -0.39 is 53.3 Å². The molecule has 0 radical (unpaired) electrons. The standard InChI is InChI=1S/C43H54N2O9/c1-8-22-34(46)42(3,4)36-26-20-16-13-14-18-24-31(50-7)28-39-45-33(30-52-39)41(49)54-37(43(5,6)35(47)23-9-2)25-19-15-11-10-12-17-21-27-38-44-32(29-51-38)40(48)53-36/h8-24,27,29-31,34-37,46-47H,25-26,28H2,1-7H3/b11-10-,14-13-,17-12+,19-15-,20-16-,22-8+,23-9+,24-18+,27-21-/t31-,34-,35-,36-,37-/m0/s1. The molecule has 1 aliphatic rings. The fraction of sp³-hybridized carbons (Fsp3) is 0.395. The number of cyclic esters (lactones) is 2. The average molecular weight is 743 g/mol. The molecule has 0 amide bonds. The number of aliphatic hydroxyl groups is 2. The Bertz CT molecular complexity index is 1760. The zero-order valence-electron chi connectivity index (χ0n) is 32.2. The van der Waals surface area contributed by atoms with Gasteiger partial charge in [-0.2, -0.15) is 0 Å². The molecule has 1 aliphatic heterocycles. The van der Waals surface area contributed by atoms with Crippen LogP contribution in [0.1, 0.15) is 87.1 Å². The first-order valence-electron chi connectivity index (χ1n) is 18.0. The lowest BCUT2D eigenvalue weighted by Crippen LogP contribution is -2.42. The third-order valence-electron chi connectivity index (χ3n) is 9.03. The Morgan fingerprint density at radius 3 is 1.74 bits per heavy atom. The number of rotatable bonds is 7. The highest BCUT2D eigenvalue weighted by atomic mass is 16.6. The molecule has 11 heteroatoms. The molecule has 3 rings (SSSR count). The number of hydrogen-bond donors (Lipinski definition) is 2. The van der Waals surface area contributed by atoms with Gasteiger partial charge in [0.15, 0.2) is 17.3 Å². The normalized spacial score (nSPS) is 25.5. The Morgan fingerprint density at radius 2 is 1.20 bits per heavy atom. The van der Waals surface area contributed by atoms with E-state index in [-0.39, 0.29) is 23.7 Å². The van der Waals surface area contributed by atoms with E-state index in [1.54, 1.807) is 55.7 Å². The van der Waals surface area contributed by atoms with Gasteiger partial charge in [-0.15, -0.1) is 0 Å². The monoisotopic (exact) mass is 742 g/mol. The topological polar surface area (TPSA) is 154 Å². The van der Waals surface area contributed by atoms with Crippen molar-refractivity contribution >= 4 is 18.0 Å². The first-order chi connectivity index (χ1) is 25.8. The highest BCUT2D eigenvalue weighted by Crippen LogP contribution is 2.33. The summed E-state index contributed by atoms with van der Waals surface area (Å²) in [5, 5.41) is 21.7. The van der Waals surface area contributed by atoms with Gasteiger partial charge in [0.1, 0.15) is 24.7 Å². The summed E-state index contributed by atoms with van der Waals surface area (Å²) in [5.74, 6) is -0.812. The molecule has 2 N–H and O–H groups in total. The number of carbonyl (C=O) groups is 2. The second-order valence-corrected chi connectivity index (χ2v) is 13.8. The van der Waals surface area contributed by atoms with Gasteiger partial charge in [0.05, 0.1) is 24.7 Å². The van der Waals surface area contributed by atoms with Crippen molar-refractivity contribution in [1.82, 2.24) is 9.97 Å². The molecular weight excluding hydrogens is 688 g/mol. The van der Waals surface area contributed by atoms with Crippen LogP contribution in [0.2, 0.25) is 0 Å². The molecular formula is C43H54N2O9. The molecule has 11 nitrogen and oxygen atoms in total. The largest absolute Gasteiger partial charge is 0.457 e. The highest BCUT2D eigenvalue weighted by Gasteiger charge is 2.39. The number of carbonyl (C=O) groups excluding carboxylic acids is 2. The predicted molar refractivity (Wildman–Crippen MR) is 208 cm³/mol. The van der Waals surface area contributed by atoms with E-state index in [2.05, 4.69) is 9.97 Å². The number of esters is 2. The minimum atomic E-state index is -0.871. The number of aliphatic hydroxyl groups excluding tert-OH is 2. The Morgan fingerprint density at radius 1 is 0.722 bits per heavy atom. The highest BCUT2D eigenvalue weighted by molar-refractivity contribution is 5.87. The molecule has 0 aliphatic carbocycles. The fourth-order valence-corrected chi connectivity index (χ4v) is 5.26. The van der Waals surface area contributed by atoms with E-state index >= 15 is 0 Å². The van der Waals surface area contributed by atoms with E-state index in [1.807, 2.05) is 102 Å². The summed E-state index contributed by atoms with van der Waals surface area (Å²) < 4.78 is 28.5. The number of nitrogens with zero attached hydrogens (tertiary/aromatic N) is 2. The minimum Gasteiger partial charge on any atom is -0.457 e. The van der Waals surface area contributed by atoms with Gasteiger partial charge in [-0.25, -0.2) is 19.6 Å². The molecule has 290 valence electrons. The molecule has 0 unspecified atom stereocenters. The van der Waals surface area contributed by atoms with Gasteiger partial charge in [0.25, 0.3) is 0 Å². The van der Waals surface area contributed by atoms with Gasteiger partial charge in [0.2, 0.25) is 5.89 Å². The molecule has 2 aromatic heterocycles. The van der Waals surface area contributed by atoms with Crippen molar-refractivity contribution in [2.45, 2.75) is 91.3 Å². The maximum absolute atomic E-state index is 13.3. The van der Waals surface area contributed by atoms with Crippen molar-refractivity contribution < 1.29 is 42.8 Å². The molecule has 3 heterocycles. The lowest BCUT2D eigenvalue weighted by molar-refractivity contribution is -0.0461.